The van der Waals surface area contributed by atoms with Gasteiger partial charge in [0.25, 0.3) is 0 Å². The van der Waals surface area contributed by atoms with Crippen LogP contribution in [0.2, 0.25) is 0 Å². The Bertz CT molecular complexity index is 350. The van der Waals surface area contributed by atoms with E-state index in [1.165, 1.54) is 5.56 Å². The zero-order valence-corrected chi connectivity index (χ0v) is 10.7. The first-order valence-corrected chi connectivity index (χ1v) is 6.57. The largest absolute Gasteiger partial charge is 0.314 e. The van der Waals surface area contributed by atoms with Crippen LogP contribution >= 0.6 is 11.6 Å². The molecule has 1 aliphatic heterocycles. The maximum absolute atomic E-state index is 5.61. The summed E-state index contributed by atoms with van der Waals surface area (Å²) in [6, 6.07) is 11.2. The van der Waals surface area contributed by atoms with Crippen molar-refractivity contribution in [3.63, 3.8) is 0 Å². The van der Waals surface area contributed by atoms with Crippen molar-refractivity contribution in [1.82, 2.24) is 10.2 Å². The van der Waals surface area contributed by atoms with E-state index in [4.69, 9.17) is 11.6 Å². The van der Waals surface area contributed by atoms with Gasteiger partial charge in [-0.05, 0) is 12.0 Å². The second kappa shape index (κ2) is 6.80. The third-order valence-electron chi connectivity index (χ3n) is 3.22. The highest BCUT2D eigenvalue weighted by Gasteiger charge is 2.20. The molecule has 17 heavy (non-hydrogen) atoms. The molecule has 0 amide bonds. The van der Waals surface area contributed by atoms with Crippen LogP contribution in [0.25, 0.3) is 0 Å². The molecular weight excluding hydrogens is 232 g/mol. The molecule has 0 aliphatic carbocycles. The molecule has 1 N–H and O–H groups in total. The van der Waals surface area contributed by atoms with Crippen molar-refractivity contribution in [3.05, 3.63) is 47.5 Å². The Hall–Kier alpha value is -0.830. The maximum atomic E-state index is 5.61. The molecule has 0 aromatic heterocycles. The van der Waals surface area contributed by atoms with Crippen LogP contribution in [0.4, 0.5) is 0 Å². The Labute approximate surface area is 108 Å². The van der Waals surface area contributed by atoms with Gasteiger partial charge in [0.05, 0.1) is 0 Å². The van der Waals surface area contributed by atoms with E-state index in [0.29, 0.717) is 6.04 Å². The molecule has 1 aliphatic rings. The second-order valence-electron chi connectivity index (χ2n) is 4.40. The number of hydrogen-bond acceptors (Lipinski definition) is 2. The summed E-state index contributed by atoms with van der Waals surface area (Å²) < 4.78 is 0. The van der Waals surface area contributed by atoms with Crippen molar-refractivity contribution in [3.8, 4) is 0 Å². The summed E-state index contributed by atoms with van der Waals surface area (Å²) >= 11 is 5.61. The fourth-order valence-corrected chi connectivity index (χ4v) is 2.39. The van der Waals surface area contributed by atoms with E-state index >= 15 is 0 Å². The van der Waals surface area contributed by atoms with Gasteiger partial charge in [0.15, 0.2) is 0 Å². The van der Waals surface area contributed by atoms with Crippen molar-refractivity contribution in [2.24, 2.45) is 0 Å². The molecule has 0 radical (unpaired) electrons. The molecule has 1 fully saturated rings. The number of nitrogens with one attached hydrogen (secondary N) is 1. The molecule has 0 saturated carbocycles. The van der Waals surface area contributed by atoms with Crippen molar-refractivity contribution in [2.45, 2.75) is 12.5 Å². The molecule has 2 rings (SSSR count). The van der Waals surface area contributed by atoms with Crippen molar-refractivity contribution in [1.29, 1.82) is 0 Å². The summed E-state index contributed by atoms with van der Waals surface area (Å²) in [5.41, 5.74) is 3.02. The summed E-state index contributed by atoms with van der Waals surface area (Å²) in [5, 5.41) is 3.46. The topological polar surface area (TPSA) is 15.3 Å². The SMILES string of the molecule is Cl/C=C/CN1CCNCC1Cc1ccccc1. The molecule has 1 aromatic carbocycles. The number of nitrogens with zero attached hydrogens (tertiary/aromatic N) is 1. The molecule has 92 valence electrons. The fourth-order valence-electron chi connectivity index (χ4n) is 2.31. The Balaban J connectivity index is 1.96. The lowest BCUT2D eigenvalue weighted by atomic mass is 10.0. The normalized spacial score (nSPS) is 22.1. The highest BCUT2D eigenvalue weighted by molar-refractivity contribution is 6.25. The number of hydrogen-bond donors (Lipinski definition) is 1. The first kappa shape index (κ1) is 12.6. The van der Waals surface area contributed by atoms with Gasteiger partial charge in [0.2, 0.25) is 0 Å². The maximum Gasteiger partial charge on any atom is 0.0264 e. The van der Waals surface area contributed by atoms with Crippen LogP contribution in [0, 0.1) is 0 Å². The Morgan fingerprint density at radius 2 is 2.18 bits per heavy atom. The number of halogens is 1. The third kappa shape index (κ3) is 3.84. The van der Waals surface area contributed by atoms with Crippen LogP contribution < -0.4 is 5.32 Å². The van der Waals surface area contributed by atoms with E-state index in [0.717, 1.165) is 32.6 Å². The standard InChI is InChI=1S/C14H19ClN2/c15-7-4-9-17-10-8-16-12-14(17)11-13-5-2-1-3-6-13/h1-7,14,16H,8-12H2/b7-4+. The van der Waals surface area contributed by atoms with Crippen LogP contribution in [0.1, 0.15) is 5.56 Å². The van der Waals surface area contributed by atoms with Gasteiger partial charge in [-0.15, -0.1) is 0 Å². The highest BCUT2D eigenvalue weighted by atomic mass is 35.5. The van der Waals surface area contributed by atoms with E-state index < -0.39 is 0 Å². The quantitative estimate of drug-likeness (QED) is 0.882. The summed E-state index contributed by atoms with van der Waals surface area (Å²) in [6.07, 6.45) is 3.12. The van der Waals surface area contributed by atoms with Crippen LogP contribution in [0.3, 0.4) is 0 Å². The van der Waals surface area contributed by atoms with Gasteiger partial charge in [-0.25, -0.2) is 0 Å². The van der Waals surface area contributed by atoms with Crippen LogP contribution in [0.15, 0.2) is 41.9 Å². The van der Waals surface area contributed by atoms with E-state index in [1.807, 2.05) is 6.08 Å². The average molecular weight is 251 g/mol. The van der Waals surface area contributed by atoms with E-state index in [1.54, 1.807) is 5.54 Å². The smallest absolute Gasteiger partial charge is 0.0264 e. The van der Waals surface area contributed by atoms with Crippen LogP contribution in [-0.2, 0) is 6.42 Å². The third-order valence-corrected chi connectivity index (χ3v) is 3.39. The lowest BCUT2D eigenvalue weighted by molar-refractivity contribution is 0.178. The van der Waals surface area contributed by atoms with Crippen LogP contribution in [0.5, 0.6) is 0 Å². The number of piperazine rings is 1. The molecular formula is C14H19ClN2. The first-order chi connectivity index (χ1) is 8.40. The first-order valence-electron chi connectivity index (χ1n) is 6.14. The van der Waals surface area contributed by atoms with Gasteiger partial charge >= 0.3 is 0 Å². The molecule has 1 heterocycles. The lowest BCUT2D eigenvalue weighted by Crippen LogP contribution is -2.52. The molecule has 2 nitrogen and oxygen atoms in total. The Morgan fingerprint density at radius 1 is 1.35 bits per heavy atom. The predicted molar refractivity (Wildman–Crippen MR) is 73.4 cm³/mol. The molecule has 1 atom stereocenters. The number of benzene rings is 1. The fraction of sp³-hybridized carbons (Fsp3) is 0.429. The minimum atomic E-state index is 0.569. The van der Waals surface area contributed by atoms with Crippen molar-refractivity contribution < 1.29 is 0 Å². The molecule has 1 unspecified atom stereocenters. The van der Waals surface area contributed by atoms with Gasteiger partial charge in [-0.2, -0.15) is 0 Å². The van der Waals surface area contributed by atoms with E-state index in [2.05, 4.69) is 40.5 Å². The van der Waals surface area contributed by atoms with E-state index in [-0.39, 0.29) is 0 Å². The molecule has 1 saturated heterocycles. The summed E-state index contributed by atoms with van der Waals surface area (Å²) in [4.78, 5) is 2.49. The van der Waals surface area contributed by atoms with E-state index in [9.17, 15) is 0 Å². The molecule has 1 aromatic rings. The van der Waals surface area contributed by atoms with Gasteiger partial charge < -0.3 is 5.32 Å². The molecule has 3 heteroatoms. The zero-order valence-electron chi connectivity index (χ0n) is 9.98. The van der Waals surface area contributed by atoms with Gasteiger partial charge in [-0.1, -0.05) is 48.0 Å². The van der Waals surface area contributed by atoms with Gasteiger partial charge in [0, 0.05) is 37.8 Å². The predicted octanol–water partition coefficient (Wildman–Crippen LogP) is 2.26. The summed E-state index contributed by atoms with van der Waals surface area (Å²) in [6.45, 7) is 4.17. The second-order valence-corrected chi connectivity index (χ2v) is 4.66. The van der Waals surface area contributed by atoms with Crippen LogP contribution in [-0.4, -0.2) is 37.1 Å². The molecule has 0 bridgehead atoms. The monoisotopic (exact) mass is 250 g/mol. The summed E-state index contributed by atoms with van der Waals surface area (Å²) in [5.74, 6) is 0. The van der Waals surface area contributed by atoms with Gasteiger partial charge in [-0.3, -0.25) is 4.90 Å². The summed E-state index contributed by atoms with van der Waals surface area (Å²) in [7, 11) is 0. The number of rotatable bonds is 4. The lowest BCUT2D eigenvalue weighted by Gasteiger charge is -2.35. The Kier molecular flexibility index (Phi) is 5.05. The molecule has 0 spiro atoms. The minimum absolute atomic E-state index is 0.569. The Morgan fingerprint density at radius 3 is 2.94 bits per heavy atom. The van der Waals surface area contributed by atoms with Crippen molar-refractivity contribution >= 4 is 11.6 Å². The van der Waals surface area contributed by atoms with Gasteiger partial charge in [0.1, 0.15) is 0 Å². The average Bonchev–Trinajstić information content (AvgIpc) is 2.39. The zero-order chi connectivity index (χ0) is 11.9. The van der Waals surface area contributed by atoms with Crippen molar-refractivity contribution in [2.75, 3.05) is 26.2 Å². The minimum Gasteiger partial charge on any atom is -0.314 e. The highest BCUT2D eigenvalue weighted by Crippen LogP contribution is 2.11.